The number of nitrogens with one attached hydrogen (secondary N) is 4. The Bertz CT molecular complexity index is 1410. The largest absolute Gasteiger partial charge is 0.445 e. The highest BCUT2D eigenvalue weighted by molar-refractivity contribution is 5.91. The number of carbonyl (C=O) groups excluding carboxylic acids is 4. The van der Waals surface area contributed by atoms with E-state index in [1.165, 1.54) is 12.8 Å². The SMILES string of the molecule is CC1CC1.O=C(CNC(=O)C(Cc1cccc2ccccc12)NC(=O)OCc1ccccc1)NC(CO)CC1CCNC1=O. The Morgan fingerprint density at radius 2 is 1.66 bits per heavy atom. The normalized spacial score (nSPS) is 17.0. The zero-order valence-corrected chi connectivity index (χ0v) is 25.1. The van der Waals surface area contributed by atoms with Gasteiger partial charge in [0.25, 0.3) is 0 Å². The molecule has 0 spiro atoms. The van der Waals surface area contributed by atoms with Crippen LogP contribution in [0.25, 0.3) is 10.8 Å². The molecule has 1 aliphatic heterocycles. The maximum Gasteiger partial charge on any atom is 0.408 e. The molecule has 10 nitrogen and oxygen atoms in total. The first-order chi connectivity index (χ1) is 21.3. The Morgan fingerprint density at radius 3 is 2.34 bits per heavy atom. The van der Waals surface area contributed by atoms with Gasteiger partial charge in [-0.2, -0.15) is 0 Å². The number of hydrogen-bond donors (Lipinski definition) is 5. The minimum atomic E-state index is -1.02. The first-order valence-electron chi connectivity index (χ1n) is 15.2. The molecule has 2 fully saturated rings. The Kier molecular flexibility index (Phi) is 12.1. The van der Waals surface area contributed by atoms with Crippen LogP contribution in [-0.2, 0) is 32.1 Å². The Morgan fingerprint density at radius 1 is 0.955 bits per heavy atom. The standard InChI is InChI=1S/C30H34N4O6.C4H8/c35-18-24(15-23-13-14-31-28(23)37)33-27(36)17-32-29(38)26(34-30(39)40-19-20-7-2-1-3-8-20)16-22-11-6-10-21-9-4-5-12-25(21)22;1-4-2-3-4/h1-12,23-24,26,35H,13-19H2,(H,31,37)(H,32,38)(H,33,36)(H,34,39);4H,2-3H2,1H3. The van der Waals surface area contributed by atoms with Gasteiger partial charge < -0.3 is 31.1 Å². The molecule has 0 radical (unpaired) electrons. The molecule has 1 aliphatic carbocycles. The molecular weight excluding hydrogens is 560 g/mol. The van der Waals surface area contributed by atoms with Gasteiger partial charge in [-0.3, -0.25) is 14.4 Å². The van der Waals surface area contributed by atoms with Crippen molar-refractivity contribution in [3.05, 3.63) is 83.9 Å². The molecule has 1 saturated heterocycles. The Hall–Kier alpha value is -4.44. The summed E-state index contributed by atoms with van der Waals surface area (Å²) in [7, 11) is 0. The number of amides is 4. The molecule has 3 aromatic carbocycles. The molecule has 234 valence electrons. The van der Waals surface area contributed by atoms with Gasteiger partial charge in [-0.15, -0.1) is 0 Å². The number of alkyl carbamates (subject to hydrolysis) is 1. The lowest BCUT2D eigenvalue weighted by molar-refractivity contribution is -0.128. The fourth-order valence-corrected chi connectivity index (χ4v) is 4.94. The second-order valence-corrected chi connectivity index (χ2v) is 11.5. The van der Waals surface area contributed by atoms with Crippen molar-refractivity contribution in [1.82, 2.24) is 21.3 Å². The lowest BCUT2D eigenvalue weighted by atomic mass is 9.98. The van der Waals surface area contributed by atoms with Crippen molar-refractivity contribution in [3.8, 4) is 0 Å². The van der Waals surface area contributed by atoms with Gasteiger partial charge in [0, 0.05) is 18.9 Å². The lowest BCUT2D eigenvalue weighted by Crippen LogP contribution is -2.51. The molecule has 1 heterocycles. The van der Waals surface area contributed by atoms with Gasteiger partial charge in [-0.1, -0.05) is 92.6 Å². The van der Waals surface area contributed by atoms with Gasteiger partial charge in [-0.25, -0.2) is 4.79 Å². The zero-order chi connectivity index (χ0) is 31.3. The molecule has 1 saturated carbocycles. The van der Waals surface area contributed by atoms with E-state index in [9.17, 15) is 24.3 Å². The van der Waals surface area contributed by atoms with Gasteiger partial charge in [0.2, 0.25) is 17.7 Å². The van der Waals surface area contributed by atoms with Crippen LogP contribution in [0.1, 0.15) is 43.7 Å². The monoisotopic (exact) mass is 602 g/mol. The number of benzene rings is 3. The highest BCUT2D eigenvalue weighted by atomic mass is 16.5. The average molecular weight is 603 g/mol. The summed E-state index contributed by atoms with van der Waals surface area (Å²) < 4.78 is 5.33. The number of ether oxygens (including phenoxy) is 1. The third-order valence-electron chi connectivity index (χ3n) is 7.73. The van der Waals surface area contributed by atoms with E-state index in [1.54, 1.807) is 0 Å². The number of carbonyl (C=O) groups is 4. The molecular formula is C34H42N4O6. The summed E-state index contributed by atoms with van der Waals surface area (Å²) in [4.78, 5) is 50.3. The maximum atomic E-state index is 13.2. The zero-order valence-electron chi connectivity index (χ0n) is 25.1. The molecule has 2 aliphatic rings. The molecule has 10 heteroatoms. The van der Waals surface area contributed by atoms with Crippen molar-refractivity contribution < 1.29 is 29.0 Å². The second kappa shape index (κ2) is 16.4. The molecule has 5 rings (SSSR count). The van der Waals surface area contributed by atoms with Crippen molar-refractivity contribution >= 4 is 34.6 Å². The molecule has 3 aromatic rings. The number of rotatable bonds is 12. The van der Waals surface area contributed by atoms with Crippen LogP contribution in [0.2, 0.25) is 0 Å². The van der Waals surface area contributed by atoms with Gasteiger partial charge in [0.05, 0.1) is 19.2 Å². The van der Waals surface area contributed by atoms with Gasteiger partial charge in [0.15, 0.2) is 0 Å². The molecule has 0 aromatic heterocycles. The number of aliphatic hydroxyl groups excluding tert-OH is 1. The lowest BCUT2D eigenvalue weighted by Gasteiger charge is -2.21. The minimum Gasteiger partial charge on any atom is -0.445 e. The molecule has 3 unspecified atom stereocenters. The second-order valence-electron chi connectivity index (χ2n) is 11.5. The van der Waals surface area contributed by atoms with Crippen LogP contribution >= 0.6 is 0 Å². The van der Waals surface area contributed by atoms with Crippen molar-refractivity contribution in [2.24, 2.45) is 11.8 Å². The summed E-state index contributed by atoms with van der Waals surface area (Å²) in [5, 5.41) is 22.2. The Labute approximate surface area is 257 Å². The van der Waals surface area contributed by atoms with Gasteiger partial charge in [-0.05, 0) is 40.7 Å². The van der Waals surface area contributed by atoms with Crippen LogP contribution in [0.4, 0.5) is 4.79 Å². The smallest absolute Gasteiger partial charge is 0.408 e. The number of hydrogen-bond acceptors (Lipinski definition) is 6. The molecule has 44 heavy (non-hydrogen) atoms. The first-order valence-corrected chi connectivity index (χ1v) is 15.2. The fourth-order valence-electron chi connectivity index (χ4n) is 4.94. The topological polar surface area (TPSA) is 146 Å². The number of fused-ring (bicyclic) bond motifs is 1. The van der Waals surface area contributed by atoms with E-state index in [-0.39, 0.29) is 38.0 Å². The highest BCUT2D eigenvalue weighted by Crippen LogP contribution is 2.26. The summed E-state index contributed by atoms with van der Waals surface area (Å²) in [6, 6.07) is 21.0. The van der Waals surface area contributed by atoms with Crippen LogP contribution in [0.3, 0.4) is 0 Å². The van der Waals surface area contributed by atoms with Crippen LogP contribution in [-0.4, -0.2) is 60.7 Å². The van der Waals surface area contributed by atoms with Gasteiger partial charge in [0.1, 0.15) is 12.6 Å². The summed E-state index contributed by atoms with van der Waals surface area (Å²) in [6.07, 6.45) is 3.33. The van der Waals surface area contributed by atoms with E-state index in [0.29, 0.717) is 19.4 Å². The van der Waals surface area contributed by atoms with E-state index in [4.69, 9.17) is 4.74 Å². The molecule has 0 bridgehead atoms. The third kappa shape index (κ3) is 10.4. The van der Waals surface area contributed by atoms with Crippen molar-refractivity contribution in [1.29, 1.82) is 0 Å². The van der Waals surface area contributed by atoms with Crippen LogP contribution in [0.5, 0.6) is 0 Å². The molecule has 3 atom stereocenters. The number of aliphatic hydroxyl groups is 1. The quantitative estimate of drug-likeness (QED) is 0.215. The van der Waals surface area contributed by atoms with E-state index in [2.05, 4.69) is 28.2 Å². The van der Waals surface area contributed by atoms with E-state index in [1.807, 2.05) is 72.8 Å². The predicted octanol–water partition coefficient (Wildman–Crippen LogP) is 3.21. The highest BCUT2D eigenvalue weighted by Gasteiger charge is 2.28. The maximum absolute atomic E-state index is 13.2. The molecule has 4 amide bonds. The van der Waals surface area contributed by atoms with Crippen molar-refractivity contribution in [2.45, 2.75) is 57.7 Å². The van der Waals surface area contributed by atoms with Crippen molar-refractivity contribution in [2.75, 3.05) is 19.7 Å². The molecule has 5 N–H and O–H groups in total. The minimum absolute atomic E-state index is 0.0409. The van der Waals surface area contributed by atoms with Crippen LogP contribution in [0, 0.1) is 11.8 Å². The summed E-state index contributed by atoms with van der Waals surface area (Å²) in [5.41, 5.74) is 1.65. The fraction of sp³-hybridized carbons (Fsp3) is 0.412. The summed E-state index contributed by atoms with van der Waals surface area (Å²) in [6.45, 7) is 2.20. The van der Waals surface area contributed by atoms with E-state index < -0.39 is 30.0 Å². The summed E-state index contributed by atoms with van der Waals surface area (Å²) in [5.74, 6) is -0.359. The van der Waals surface area contributed by atoms with Crippen LogP contribution < -0.4 is 21.3 Å². The van der Waals surface area contributed by atoms with Gasteiger partial charge >= 0.3 is 6.09 Å². The van der Waals surface area contributed by atoms with Crippen molar-refractivity contribution in [3.63, 3.8) is 0 Å². The Balaban J connectivity index is 0.00000102. The van der Waals surface area contributed by atoms with E-state index in [0.717, 1.165) is 27.8 Å². The summed E-state index contributed by atoms with van der Waals surface area (Å²) >= 11 is 0. The third-order valence-corrected chi connectivity index (χ3v) is 7.73. The predicted molar refractivity (Wildman–Crippen MR) is 167 cm³/mol. The first kappa shape index (κ1) is 32.5. The van der Waals surface area contributed by atoms with Crippen LogP contribution in [0.15, 0.2) is 72.8 Å². The average Bonchev–Trinajstić information content (AvgIpc) is 3.73. The van der Waals surface area contributed by atoms with E-state index >= 15 is 0 Å².